The van der Waals surface area contributed by atoms with Crippen LogP contribution in [0.1, 0.15) is 25.3 Å². The molecule has 0 aliphatic carbocycles. The Kier molecular flexibility index (Phi) is 4.98. The van der Waals surface area contributed by atoms with Gasteiger partial charge in [0.1, 0.15) is 11.5 Å². The Morgan fingerprint density at radius 2 is 2.13 bits per heavy atom. The summed E-state index contributed by atoms with van der Waals surface area (Å²) < 4.78 is 10.5. The van der Waals surface area contributed by atoms with Crippen LogP contribution in [0.4, 0.5) is 0 Å². The summed E-state index contributed by atoms with van der Waals surface area (Å²) in [6, 6.07) is 5.22. The van der Waals surface area contributed by atoms with Gasteiger partial charge in [-0.1, -0.05) is 13.3 Å². The van der Waals surface area contributed by atoms with E-state index in [0.717, 1.165) is 24.2 Å². The molecule has 0 amide bonds. The Balaban J connectivity index is 2.61. The average molecular weight is 210 g/mol. The molecule has 1 aromatic rings. The summed E-state index contributed by atoms with van der Waals surface area (Å²) in [6.07, 6.45) is 2.16. The van der Waals surface area contributed by atoms with E-state index in [1.165, 1.54) is 0 Å². The van der Waals surface area contributed by atoms with Crippen LogP contribution in [0.15, 0.2) is 18.2 Å². The van der Waals surface area contributed by atoms with Gasteiger partial charge in [-0.15, -0.1) is 0 Å². The van der Waals surface area contributed by atoms with Gasteiger partial charge in [0.25, 0.3) is 0 Å². The maximum Gasteiger partial charge on any atom is 0.121 e. The first-order valence-corrected chi connectivity index (χ1v) is 5.21. The van der Waals surface area contributed by atoms with Gasteiger partial charge in [-0.2, -0.15) is 0 Å². The molecule has 84 valence electrons. The summed E-state index contributed by atoms with van der Waals surface area (Å²) >= 11 is 0. The minimum atomic E-state index is 0.250. The molecule has 0 heterocycles. The molecular formula is C12H18O3. The van der Waals surface area contributed by atoms with Crippen molar-refractivity contribution in [2.45, 2.75) is 26.4 Å². The van der Waals surface area contributed by atoms with Crippen LogP contribution in [0.2, 0.25) is 0 Å². The third-order valence-corrected chi connectivity index (χ3v) is 2.12. The molecule has 0 aromatic heterocycles. The number of rotatable bonds is 6. The molecule has 0 fully saturated rings. The third-order valence-electron chi connectivity index (χ3n) is 2.12. The molecule has 0 spiro atoms. The van der Waals surface area contributed by atoms with Gasteiger partial charge >= 0.3 is 0 Å². The van der Waals surface area contributed by atoms with E-state index in [0.29, 0.717) is 13.2 Å². The van der Waals surface area contributed by atoms with Crippen molar-refractivity contribution in [3.8, 4) is 11.5 Å². The highest BCUT2D eigenvalue weighted by Crippen LogP contribution is 2.23. The van der Waals surface area contributed by atoms with Crippen LogP contribution in [-0.4, -0.2) is 18.8 Å². The Morgan fingerprint density at radius 3 is 2.80 bits per heavy atom. The van der Waals surface area contributed by atoms with Crippen molar-refractivity contribution in [2.75, 3.05) is 13.7 Å². The predicted octanol–water partition coefficient (Wildman–Crippen LogP) is 2.72. The van der Waals surface area contributed by atoms with Crippen molar-refractivity contribution in [3.63, 3.8) is 0 Å². The quantitative estimate of drug-likeness (QED) is 0.734. The highest BCUT2D eigenvalue weighted by molar-refractivity contribution is 5.38. The second kappa shape index (κ2) is 6.30. The number of unbranched alkanes of at least 4 members (excludes halogenated alkanes) is 1. The number of ether oxygens (including phenoxy) is 2. The van der Waals surface area contributed by atoms with Gasteiger partial charge in [0.2, 0.25) is 0 Å². The first-order chi connectivity index (χ1) is 7.27. The lowest BCUT2D eigenvalue weighted by Gasteiger charge is -2.08. The minimum absolute atomic E-state index is 0.250. The van der Waals surface area contributed by atoms with Crippen LogP contribution in [0, 0.1) is 0 Å². The number of hydrogen-bond donors (Lipinski definition) is 1. The molecule has 3 heteroatoms. The number of benzene rings is 1. The largest absolute Gasteiger partial charge is 0.508 e. The fraction of sp³-hybridized carbons (Fsp3) is 0.500. The molecule has 1 N–H and O–H groups in total. The first-order valence-electron chi connectivity index (χ1n) is 5.21. The lowest BCUT2D eigenvalue weighted by atomic mass is 10.2. The van der Waals surface area contributed by atoms with E-state index >= 15 is 0 Å². The highest BCUT2D eigenvalue weighted by Gasteiger charge is 2.02. The third kappa shape index (κ3) is 3.80. The average Bonchev–Trinajstić information content (AvgIpc) is 2.23. The lowest BCUT2D eigenvalue weighted by Crippen LogP contribution is -1.97. The lowest BCUT2D eigenvalue weighted by molar-refractivity contribution is 0.181. The van der Waals surface area contributed by atoms with E-state index in [-0.39, 0.29) is 5.75 Å². The molecule has 0 atom stereocenters. The van der Waals surface area contributed by atoms with Crippen molar-refractivity contribution < 1.29 is 14.6 Å². The fourth-order valence-electron chi connectivity index (χ4n) is 1.26. The highest BCUT2D eigenvalue weighted by atomic mass is 16.5. The molecule has 0 radical (unpaired) electrons. The van der Waals surface area contributed by atoms with Crippen molar-refractivity contribution in [3.05, 3.63) is 23.8 Å². The Morgan fingerprint density at radius 1 is 1.33 bits per heavy atom. The predicted molar refractivity (Wildman–Crippen MR) is 59.2 cm³/mol. The molecule has 15 heavy (non-hydrogen) atoms. The fourth-order valence-corrected chi connectivity index (χ4v) is 1.26. The van der Waals surface area contributed by atoms with Crippen LogP contribution in [0.5, 0.6) is 11.5 Å². The minimum Gasteiger partial charge on any atom is -0.508 e. The van der Waals surface area contributed by atoms with Gasteiger partial charge in [0.05, 0.1) is 13.2 Å². The zero-order valence-electron chi connectivity index (χ0n) is 9.32. The van der Waals surface area contributed by atoms with Gasteiger partial charge in [-0.3, -0.25) is 0 Å². The van der Waals surface area contributed by atoms with Crippen LogP contribution in [-0.2, 0) is 11.3 Å². The van der Waals surface area contributed by atoms with E-state index in [4.69, 9.17) is 9.47 Å². The number of phenols is 1. The molecule has 1 rings (SSSR count). The van der Waals surface area contributed by atoms with Crippen molar-refractivity contribution in [1.82, 2.24) is 0 Å². The Bertz CT molecular complexity index is 297. The summed E-state index contributed by atoms with van der Waals surface area (Å²) in [5.74, 6) is 1.04. The van der Waals surface area contributed by atoms with Crippen LogP contribution >= 0.6 is 0 Å². The molecule has 0 unspecified atom stereocenters. The summed E-state index contributed by atoms with van der Waals surface area (Å²) in [5, 5.41) is 9.50. The second-order valence-corrected chi connectivity index (χ2v) is 3.43. The molecule has 0 aliphatic heterocycles. The second-order valence-electron chi connectivity index (χ2n) is 3.43. The molecule has 0 saturated heterocycles. The van der Waals surface area contributed by atoms with Crippen molar-refractivity contribution in [2.24, 2.45) is 0 Å². The number of hydrogen-bond acceptors (Lipinski definition) is 3. The summed E-state index contributed by atoms with van der Waals surface area (Å²) in [7, 11) is 1.60. The van der Waals surface area contributed by atoms with Gasteiger partial charge < -0.3 is 14.6 Å². The Labute approximate surface area is 90.6 Å². The summed E-state index contributed by atoms with van der Waals surface area (Å²) in [5.41, 5.74) is 0.756. The van der Waals surface area contributed by atoms with E-state index < -0.39 is 0 Å². The molecule has 0 aliphatic rings. The summed E-state index contributed by atoms with van der Waals surface area (Å²) in [6.45, 7) is 3.24. The number of aromatic hydroxyl groups is 1. The maximum absolute atomic E-state index is 9.50. The standard InChI is InChI=1S/C12H18O3/c1-3-4-7-15-11-5-6-12(13)10(8-11)9-14-2/h5-6,8,13H,3-4,7,9H2,1-2H3. The maximum atomic E-state index is 9.50. The van der Waals surface area contributed by atoms with Gasteiger partial charge in [-0.25, -0.2) is 0 Å². The molecule has 0 bridgehead atoms. The zero-order chi connectivity index (χ0) is 11.1. The van der Waals surface area contributed by atoms with Gasteiger partial charge in [0, 0.05) is 12.7 Å². The SMILES string of the molecule is CCCCOc1ccc(O)c(COC)c1. The van der Waals surface area contributed by atoms with Crippen LogP contribution in [0.3, 0.4) is 0 Å². The normalized spacial score (nSPS) is 10.3. The number of methoxy groups -OCH3 is 1. The first kappa shape index (κ1) is 11.9. The van der Waals surface area contributed by atoms with E-state index in [1.54, 1.807) is 19.2 Å². The smallest absolute Gasteiger partial charge is 0.121 e. The van der Waals surface area contributed by atoms with Crippen molar-refractivity contribution >= 4 is 0 Å². The monoisotopic (exact) mass is 210 g/mol. The van der Waals surface area contributed by atoms with Crippen LogP contribution in [0.25, 0.3) is 0 Å². The van der Waals surface area contributed by atoms with E-state index in [1.807, 2.05) is 6.07 Å². The topological polar surface area (TPSA) is 38.7 Å². The summed E-state index contributed by atoms with van der Waals surface area (Å²) in [4.78, 5) is 0. The number of phenolic OH excluding ortho intramolecular Hbond substituents is 1. The van der Waals surface area contributed by atoms with Gasteiger partial charge in [0.15, 0.2) is 0 Å². The zero-order valence-corrected chi connectivity index (χ0v) is 9.32. The van der Waals surface area contributed by atoms with Crippen LogP contribution < -0.4 is 4.74 Å². The van der Waals surface area contributed by atoms with E-state index in [9.17, 15) is 5.11 Å². The van der Waals surface area contributed by atoms with E-state index in [2.05, 4.69) is 6.92 Å². The molecule has 0 saturated carbocycles. The van der Waals surface area contributed by atoms with Gasteiger partial charge in [-0.05, 0) is 24.6 Å². The van der Waals surface area contributed by atoms with Crippen molar-refractivity contribution in [1.29, 1.82) is 0 Å². The molecule has 3 nitrogen and oxygen atoms in total. The Hall–Kier alpha value is -1.22. The molecular weight excluding hydrogens is 192 g/mol. The molecule has 1 aromatic carbocycles.